The quantitative estimate of drug-likeness (QED) is 0.757. The summed E-state index contributed by atoms with van der Waals surface area (Å²) in [4.78, 5) is 4.16. The predicted molar refractivity (Wildman–Crippen MR) is 56.9 cm³/mol. The van der Waals surface area contributed by atoms with E-state index in [4.69, 9.17) is 9.47 Å². The van der Waals surface area contributed by atoms with Crippen LogP contribution in [0.15, 0.2) is 24.4 Å². The minimum atomic E-state index is -0.500. The smallest absolute Gasteiger partial charge is 0.132 e. The molecule has 3 rings (SSSR count). The van der Waals surface area contributed by atoms with Gasteiger partial charge in [0, 0.05) is 12.6 Å². The Morgan fingerprint density at radius 2 is 2.38 bits per heavy atom. The van der Waals surface area contributed by atoms with Gasteiger partial charge in [0.1, 0.15) is 24.3 Å². The van der Waals surface area contributed by atoms with Crippen LogP contribution in [-0.2, 0) is 9.47 Å². The van der Waals surface area contributed by atoms with E-state index < -0.39 is 6.10 Å². The molecule has 86 valence electrons. The van der Waals surface area contributed by atoms with Gasteiger partial charge in [-0.25, -0.2) is 4.98 Å². The van der Waals surface area contributed by atoms with Crippen LogP contribution in [0.25, 0.3) is 0 Å². The van der Waals surface area contributed by atoms with Crippen molar-refractivity contribution in [1.82, 2.24) is 4.98 Å². The van der Waals surface area contributed by atoms with Gasteiger partial charge in [0.25, 0.3) is 0 Å². The van der Waals surface area contributed by atoms with Crippen LogP contribution >= 0.6 is 0 Å². The second kappa shape index (κ2) is 4.01. The van der Waals surface area contributed by atoms with Crippen LogP contribution in [0.1, 0.15) is 6.42 Å². The topological polar surface area (TPSA) is 63.6 Å². The van der Waals surface area contributed by atoms with E-state index in [1.165, 1.54) is 0 Å². The number of pyridine rings is 1. The van der Waals surface area contributed by atoms with Crippen molar-refractivity contribution in [2.75, 3.05) is 11.9 Å². The van der Waals surface area contributed by atoms with Crippen LogP contribution in [0.4, 0.5) is 5.82 Å². The molecule has 1 unspecified atom stereocenters. The Bertz CT molecular complexity index is 360. The van der Waals surface area contributed by atoms with E-state index in [0.717, 1.165) is 12.2 Å². The molecule has 3 heterocycles. The largest absolute Gasteiger partial charge is 0.388 e. The van der Waals surface area contributed by atoms with Gasteiger partial charge in [-0.2, -0.15) is 0 Å². The molecule has 2 aliphatic heterocycles. The first kappa shape index (κ1) is 10.0. The second-order valence-corrected chi connectivity index (χ2v) is 4.12. The molecule has 2 saturated heterocycles. The summed E-state index contributed by atoms with van der Waals surface area (Å²) in [7, 11) is 0. The third kappa shape index (κ3) is 1.77. The zero-order valence-electron chi connectivity index (χ0n) is 8.74. The van der Waals surface area contributed by atoms with Crippen LogP contribution in [0.3, 0.4) is 0 Å². The number of rotatable bonds is 2. The van der Waals surface area contributed by atoms with Crippen LogP contribution in [0.2, 0.25) is 0 Å². The van der Waals surface area contributed by atoms with Gasteiger partial charge in [-0.3, -0.25) is 0 Å². The molecule has 0 aromatic carbocycles. The van der Waals surface area contributed by atoms with E-state index in [1.54, 1.807) is 6.20 Å². The molecule has 2 fully saturated rings. The molecular formula is C11H14N2O3. The van der Waals surface area contributed by atoms with E-state index in [1.807, 2.05) is 18.2 Å². The molecule has 5 heteroatoms. The maximum absolute atomic E-state index is 9.59. The van der Waals surface area contributed by atoms with Gasteiger partial charge in [-0.1, -0.05) is 6.07 Å². The highest BCUT2D eigenvalue weighted by atomic mass is 16.6. The Labute approximate surface area is 93.4 Å². The van der Waals surface area contributed by atoms with Gasteiger partial charge >= 0.3 is 0 Å². The van der Waals surface area contributed by atoms with Crippen LogP contribution < -0.4 is 5.32 Å². The molecule has 0 bridgehead atoms. The molecule has 4 atom stereocenters. The first-order valence-electron chi connectivity index (χ1n) is 5.45. The average Bonchev–Trinajstić information content (AvgIpc) is 2.83. The number of fused-ring (bicyclic) bond motifs is 1. The lowest BCUT2D eigenvalue weighted by molar-refractivity contribution is -0.00959. The number of aromatic nitrogens is 1. The Morgan fingerprint density at radius 1 is 1.44 bits per heavy atom. The van der Waals surface area contributed by atoms with E-state index >= 15 is 0 Å². The highest BCUT2D eigenvalue weighted by Gasteiger charge is 2.45. The molecule has 2 N–H and O–H groups in total. The number of anilines is 1. The maximum Gasteiger partial charge on any atom is 0.132 e. The number of aliphatic hydroxyl groups excluding tert-OH is 1. The molecule has 0 amide bonds. The zero-order valence-corrected chi connectivity index (χ0v) is 8.74. The van der Waals surface area contributed by atoms with Crippen molar-refractivity contribution in [3.8, 4) is 0 Å². The molecule has 2 aliphatic rings. The summed E-state index contributed by atoms with van der Waals surface area (Å²) < 4.78 is 11.1. The molecule has 0 radical (unpaired) electrons. The van der Waals surface area contributed by atoms with E-state index in [-0.39, 0.29) is 18.4 Å². The molecule has 0 saturated carbocycles. The minimum Gasteiger partial charge on any atom is -0.388 e. The maximum atomic E-state index is 9.59. The summed E-state index contributed by atoms with van der Waals surface area (Å²) in [6.07, 6.45) is 1.67. The molecule has 0 aliphatic carbocycles. The average molecular weight is 222 g/mol. The zero-order chi connectivity index (χ0) is 11.0. The summed E-state index contributed by atoms with van der Waals surface area (Å²) in [6, 6.07) is 5.66. The van der Waals surface area contributed by atoms with Crippen molar-refractivity contribution >= 4 is 5.82 Å². The highest BCUT2D eigenvalue weighted by Crippen LogP contribution is 2.30. The number of hydrogen-bond donors (Lipinski definition) is 2. The summed E-state index contributed by atoms with van der Waals surface area (Å²) in [5.74, 6) is 0.780. The van der Waals surface area contributed by atoms with E-state index in [2.05, 4.69) is 10.3 Å². The number of nitrogens with one attached hydrogen (secondary N) is 1. The van der Waals surface area contributed by atoms with Crippen molar-refractivity contribution in [2.45, 2.75) is 31.0 Å². The summed E-state index contributed by atoms with van der Waals surface area (Å²) in [5.41, 5.74) is 0. The van der Waals surface area contributed by atoms with Gasteiger partial charge in [-0.15, -0.1) is 0 Å². The Kier molecular flexibility index (Phi) is 2.51. The highest BCUT2D eigenvalue weighted by molar-refractivity contribution is 5.34. The number of nitrogens with zero attached hydrogens (tertiary/aromatic N) is 1. The summed E-state index contributed by atoms with van der Waals surface area (Å²) in [5, 5.41) is 12.8. The van der Waals surface area contributed by atoms with Crippen LogP contribution in [0.5, 0.6) is 0 Å². The normalized spacial score (nSPS) is 37.3. The van der Waals surface area contributed by atoms with Crippen LogP contribution in [-0.4, -0.2) is 41.2 Å². The molecular weight excluding hydrogens is 208 g/mol. The third-order valence-corrected chi connectivity index (χ3v) is 2.97. The molecule has 0 spiro atoms. The van der Waals surface area contributed by atoms with Crippen molar-refractivity contribution in [1.29, 1.82) is 0 Å². The first-order valence-corrected chi connectivity index (χ1v) is 5.45. The van der Waals surface area contributed by atoms with Crippen molar-refractivity contribution in [2.24, 2.45) is 0 Å². The van der Waals surface area contributed by atoms with E-state index in [0.29, 0.717) is 6.61 Å². The Hall–Kier alpha value is -1.17. The molecule has 1 aromatic rings. The SMILES string of the molecule is OC1CO[C@H]2C[C@H](Nc3ccccn3)O[C@@H]12. The van der Waals surface area contributed by atoms with Gasteiger partial charge in [0.2, 0.25) is 0 Å². The number of ether oxygens (including phenoxy) is 2. The Balaban J connectivity index is 1.63. The van der Waals surface area contributed by atoms with Gasteiger partial charge in [-0.05, 0) is 12.1 Å². The van der Waals surface area contributed by atoms with Crippen LogP contribution in [0, 0.1) is 0 Å². The predicted octanol–water partition coefficient (Wildman–Crippen LogP) is 0.368. The first-order chi connectivity index (χ1) is 7.83. The minimum absolute atomic E-state index is 0.0104. The van der Waals surface area contributed by atoms with Gasteiger partial charge in [0.15, 0.2) is 0 Å². The van der Waals surface area contributed by atoms with Crippen molar-refractivity contribution < 1.29 is 14.6 Å². The number of hydrogen-bond acceptors (Lipinski definition) is 5. The van der Waals surface area contributed by atoms with E-state index in [9.17, 15) is 5.11 Å². The monoisotopic (exact) mass is 222 g/mol. The van der Waals surface area contributed by atoms with Crippen molar-refractivity contribution in [3.05, 3.63) is 24.4 Å². The Morgan fingerprint density at radius 3 is 3.12 bits per heavy atom. The fourth-order valence-electron chi connectivity index (χ4n) is 2.20. The molecule has 5 nitrogen and oxygen atoms in total. The lowest BCUT2D eigenvalue weighted by Crippen LogP contribution is -2.29. The summed E-state index contributed by atoms with van der Waals surface area (Å²) in [6.45, 7) is 0.381. The standard InChI is InChI=1S/C11H14N2O3/c14-7-6-15-8-5-10(16-11(7)8)13-9-3-1-2-4-12-9/h1-4,7-8,10-11,14H,5-6H2,(H,12,13)/t7?,8-,10+,11-/m0/s1. The molecule has 16 heavy (non-hydrogen) atoms. The lowest BCUT2D eigenvalue weighted by Gasteiger charge is -2.16. The summed E-state index contributed by atoms with van der Waals surface area (Å²) >= 11 is 0. The fourth-order valence-corrected chi connectivity index (χ4v) is 2.20. The second-order valence-electron chi connectivity index (χ2n) is 4.12. The van der Waals surface area contributed by atoms with Crippen molar-refractivity contribution in [3.63, 3.8) is 0 Å². The van der Waals surface area contributed by atoms with Gasteiger partial charge < -0.3 is 19.9 Å². The third-order valence-electron chi connectivity index (χ3n) is 2.97. The lowest BCUT2D eigenvalue weighted by atomic mass is 10.1. The van der Waals surface area contributed by atoms with Gasteiger partial charge in [0.05, 0.1) is 12.7 Å². The molecule has 1 aromatic heterocycles. The number of aliphatic hydroxyl groups is 1. The fraction of sp³-hybridized carbons (Fsp3) is 0.545.